The summed E-state index contributed by atoms with van der Waals surface area (Å²) in [4.78, 5) is 5.42. The third-order valence-corrected chi connectivity index (χ3v) is 4.09. The van der Waals surface area contributed by atoms with Gasteiger partial charge in [0.1, 0.15) is 12.4 Å². The smallest absolute Gasteiger partial charge is 0.193 e. The molecule has 0 atom stereocenters. The molecule has 1 N–H and O–H groups in total. The van der Waals surface area contributed by atoms with Gasteiger partial charge in [-0.05, 0) is 33.6 Å². The number of ether oxygens (including phenoxy) is 1. The Morgan fingerprint density at radius 2 is 2.32 bits per heavy atom. The molecule has 1 aromatic carbocycles. The summed E-state index contributed by atoms with van der Waals surface area (Å²) < 4.78 is 8.53. The molecule has 0 amide bonds. The highest BCUT2D eigenvalue weighted by Gasteiger charge is 2.06. The first-order valence-corrected chi connectivity index (χ1v) is 7.36. The molecule has 3 rings (SSSR count). The minimum absolute atomic E-state index is 0.0240. The second-order valence-corrected chi connectivity index (χ2v) is 5.76. The third kappa shape index (κ3) is 2.65. The Bertz CT molecular complexity index is 679. The molecule has 0 aliphatic heterocycles. The highest BCUT2D eigenvalue weighted by molar-refractivity contribution is 9.10. The Kier molecular flexibility index (Phi) is 3.54. The normalized spacial score (nSPS) is 11.1. The first-order chi connectivity index (χ1) is 9.26. The number of fused-ring (bicyclic) bond motifs is 1. The van der Waals surface area contributed by atoms with Crippen LogP contribution in [0.3, 0.4) is 0 Å². The summed E-state index contributed by atoms with van der Waals surface area (Å²) in [5, 5.41) is 11.0. The van der Waals surface area contributed by atoms with Gasteiger partial charge >= 0.3 is 0 Å². The van der Waals surface area contributed by atoms with Gasteiger partial charge < -0.3 is 9.84 Å². The molecule has 3 aromatic rings. The molecule has 2 heterocycles. The van der Waals surface area contributed by atoms with Gasteiger partial charge in [0, 0.05) is 17.8 Å². The number of hydrogen-bond donors (Lipinski definition) is 1. The van der Waals surface area contributed by atoms with Gasteiger partial charge in [0.25, 0.3) is 0 Å². The molecule has 0 radical (unpaired) electrons. The van der Waals surface area contributed by atoms with Gasteiger partial charge in [-0.25, -0.2) is 4.98 Å². The number of halogens is 1. The molecule has 0 saturated carbocycles. The molecule has 98 valence electrons. The number of thiazole rings is 1. The zero-order chi connectivity index (χ0) is 13.2. The number of nitrogens with zero attached hydrogens (tertiary/aromatic N) is 2. The molecule has 0 aliphatic rings. The fraction of sp³-hybridized carbons (Fsp3) is 0.154. The number of hydrogen-bond acceptors (Lipinski definition) is 4. The van der Waals surface area contributed by atoms with Crippen LogP contribution < -0.4 is 4.74 Å². The summed E-state index contributed by atoms with van der Waals surface area (Å²) in [5.41, 5.74) is 1.74. The standard InChI is InChI=1S/C13H11BrN2O2S/c14-11-5-9(7-17)1-2-12(11)18-8-10-6-16-3-4-19-13(16)15-10/h1-6,17H,7-8H2. The molecule has 0 aliphatic carbocycles. The second-order valence-electron chi connectivity index (χ2n) is 4.04. The first kappa shape index (κ1) is 12.7. The maximum absolute atomic E-state index is 9.04. The minimum atomic E-state index is 0.0240. The largest absolute Gasteiger partial charge is 0.486 e. The van der Waals surface area contributed by atoms with E-state index in [2.05, 4.69) is 20.9 Å². The maximum atomic E-state index is 9.04. The van der Waals surface area contributed by atoms with Crippen LogP contribution in [0, 0.1) is 0 Å². The summed E-state index contributed by atoms with van der Waals surface area (Å²) in [7, 11) is 0. The lowest BCUT2D eigenvalue weighted by molar-refractivity contribution is 0.280. The molecule has 0 spiro atoms. The van der Waals surface area contributed by atoms with Gasteiger partial charge in [-0.3, -0.25) is 4.40 Å². The quantitative estimate of drug-likeness (QED) is 0.794. The van der Waals surface area contributed by atoms with Crippen molar-refractivity contribution in [2.75, 3.05) is 0 Å². The first-order valence-electron chi connectivity index (χ1n) is 5.69. The van der Waals surface area contributed by atoms with Crippen molar-refractivity contribution in [3.05, 3.63) is 51.7 Å². The van der Waals surface area contributed by atoms with Crippen LogP contribution in [0.5, 0.6) is 5.75 Å². The average molecular weight is 339 g/mol. The van der Waals surface area contributed by atoms with Gasteiger partial charge in [0.2, 0.25) is 0 Å². The predicted molar refractivity (Wildman–Crippen MR) is 77.5 cm³/mol. The summed E-state index contributed by atoms with van der Waals surface area (Å²) in [6, 6.07) is 5.53. The highest BCUT2D eigenvalue weighted by Crippen LogP contribution is 2.27. The monoisotopic (exact) mass is 338 g/mol. The van der Waals surface area contributed by atoms with Crippen molar-refractivity contribution < 1.29 is 9.84 Å². The number of aliphatic hydroxyl groups excluding tert-OH is 1. The van der Waals surface area contributed by atoms with Crippen LogP contribution in [0.25, 0.3) is 4.96 Å². The van der Waals surface area contributed by atoms with E-state index in [9.17, 15) is 0 Å². The zero-order valence-corrected chi connectivity index (χ0v) is 12.3. The summed E-state index contributed by atoms with van der Waals surface area (Å²) in [5.74, 6) is 0.744. The van der Waals surface area contributed by atoms with Crippen molar-refractivity contribution in [2.24, 2.45) is 0 Å². The topological polar surface area (TPSA) is 46.8 Å². The van der Waals surface area contributed by atoms with Crippen LogP contribution in [-0.4, -0.2) is 14.5 Å². The maximum Gasteiger partial charge on any atom is 0.193 e. The average Bonchev–Trinajstić information content (AvgIpc) is 2.98. The van der Waals surface area contributed by atoms with E-state index in [0.717, 1.165) is 26.4 Å². The number of benzene rings is 1. The van der Waals surface area contributed by atoms with Gasteiger partial charge in [0.05, 0.1) is 16.8 Å². The molecule has 2 aromatic heterocycles. The van der Waals surface area contributed by atoms with E-state index in [1.807, 2.05) is 40.4 Å². The Balaban J connectivity index is 1.73. The van der Waals surface area contributed by atoms with Gasteiger partial charge in [-0.15, -0.1) is 11.3 Å². The lowest BCUT2D eigenvalue weighted by Crippen LogP contribution is -1.97. The third-order valence-electron chi connectivity index (χ3n) is 2.70. The fourth-order valence-corrected chi connectivity index (χ4v) is 3.02. The van der Waals surface area contributed by atoms with Crippen LogP contribution in [0.15, 0.2) is 40.4 Å². The number of aliphatic hydroxyl groups is 1. The van der Waals surface area contributed by atoms with E-state index in [0.29, 0.717) is 6.61 Å². The van der Waals surface area contributed by atoms with Gasteiger partial charge in [0.15, 0.2) is 4.96 Å². The Morgan fingerprint density at radius 1 is 1.42 bits per heavy atom. The van der Waals surface area contributed by atoms with Crippen molar-refractivity contribution in [1.82, 2.24) is 9.38 Å². The van der Waals surface area contributed by atoms with Crippen molar-refractivity contribution in [2.45, 2.75) is 13.2 Å². The van der Waals surface area contributed by atoms with Crippen molar-refractivity contribution in [3.8, 4) is 5.75 Å². The molecule has 4 nitrogen and oxygen atoms in total. The van der Waals surface area contributed by atoms with Crippen LogP contribution in [0.1, 0.15) is 11.3 Å². The van der Waals surface area contributed by atoms with E-state index < -0.39 is 0 Å². The summed E-state index contributed by atoms with van der Waals surface area (Å²) in [6.07, 6.45) is 3.93. The second kappa shape index (κ2) is 5.32. The van der Waals surface area contributed by atoms with Crippen molar-refractivity contribution in [1.29, 1.82) is 0 Å². The molecule has 19 heavy (non-hydrogen) atoms. The predicted octanol–water partition coefficient (Wildman–Crippen LogP) is 3.23. The van der Waals surface area contributed by atoms with E-state index in [-0.39, 0.29) is 6.61 Å². The fourth-order valence-electron chi connectivity index (χ4n) is 1.76. The van der Waals surface area contributed by atoms with Crippen LogP contribution in [0.2, 0.25) is 0 Å². The SMILES string of the molecule is OCc1ccc(OCc2cn3ccsc3n2)c(Br)c1. The highest BCUT2D eigenvalue weighted by atomic mass is 79.9. The van der Waals surface area contributed by atoms with E-state index in [4.69, 9.17) is 9.84 Å². The van der Waals surface area contributed by atoms with Crippen molar-refractivity contribution in [3.63, 3.8) is 0 Å². The Labute approximate surface area is 122 Å². The lowest BCUT2D eigenvalue weighted by Gasteiger charge is -2.07. The van der Waals surface area contributed by atoms with Crippen molar-refractivity contribution >= 4 is 32.2 Å². The van der Waals surface area contributed by atoms with E-state index in [1.165, 1.54) is 0 Å². The molecular formula is C13H11BrN2O2S. The van der Waals surface area contributed by atoms with Gasteiger partial charge in [-0.1, -0.05) is 6.07 Å². The van der Waals surface area contributed by atoms with E-state index >= 15 is 0 Å². The summed E-state index contributed by atoms with van der Waals surface area (Å²) in [6.45, 7) is 0.446. The number of imidazole rings is 1. The van der Waals surface area contributed by atoms with Gasteiger partial charge in [-0.2, -0.15) is 0 Å². The molecule has 0 bridgehead atoms. The number of rotatable bonds is 4. The van der Waals surface area contributed by atoms with Crippen LogP contribution in [-0.2, 0) is 13.2 Å². The van der Waals surface area contributed by atoms with E-state index in [1.54, 1.807) is 11.3 Å². The van der Waals surface area contributed by atoms with Crippen LogP contribution in [0.4, 0.5) is 0 Å². The minimum Gasteiger partial charge on any atom is -0.486 e. The molecule has 0 fully saturated rings. The summed E-state index contributed by atoms with van der Waals surface area (Å²) >= 11 is 5.03. The van der Waals surface area contributed by atoms with Crippen LogP contribution >= 0.6 is 27.3 Å². The molecule has 0 saturated heterocycles. The Hall–Kier alpha value is -1.37. The number of aromatic nitrogens is 2. The molecular weight excluding hydrogens is 328 g/mol. The Morgan fingerprint density at radius 3 is 3.05 bits per heavy atom. The lowest BCUT2D eigenvalue weighted by atomic mass is 10.2. The molecule has 0 unspecified atom stereocenters. The zero-order valence-electron chi connectivity index (χ0n) is 9.91. The molecule has 6 heteroatoms.